The second-order valence-electron chi connectivity index (χ2n) is 3.38. The van der Waals surface area contributed by atoms with Crippen molar-refractivity contribution in [3.63, 3.8) is 0 Å². The summed E-state index contributed by atoms with van der Waals surface area (Å²) in [5, 5.41) is 0. The maximum atomic E-state index is 11.5. The summed E-state index contributed by atoms with van der Waals surface area (Å²) in [6.45, 7) is 3.68. The molecule has 0 aliphatic carbocycles. The normalized spacial score (nSPS) is 9.56. The van der Waals surface area contributed by atoms with Crippen molar-refractivity contribution in [1.29, 1.82) is 0 Å². The summed E-state index contributed by atoms with van der Waals surface area (Å²) in [5.41, 5.74) is 0.692. The Balaban J connectivity index is 3.34. The van der Waals surface area contributed by atoms with E-state index in [0.717, 1.165) is 0 Å². The van der Waals surface area contributed by atoms with Crippen molar-refractivity contribution in [2.45, 2.75) is 0 Å². The minimum absolute atomic E-state index is 0.190. The highest BCUT2D eigenvalue weighted by molar-refractivity contribution is 6.16. The molecule has 1 aromatic carbocycles. The smallest absolute Gasteiger partial charge is 0.337 e. The van der Waals surface area contributed by atoms with Crippen molar-refractivity contribution in [2.24, 2.45) is 0 Å². The molecule has 5 heteroatoms. The number of ether oxygens (including phenoxy) is 4. The average molecular weight is 252 g/mol. The van der Waals surface area contributed by atoms with E-state index in [0.29, 0.717) is 22.8 Å². The topological polar surface area (TPSA) is 54.0 Å². The van der Waals surface area contributed by atoms with Gasteiger partial charge in [0.15, 0.2) is 11.5 Å². The lowest BCUT2D eigenvalue weighted by Gasteiger charge is -2.14. The summed E-state index contributed by atoms with van der Waals surface area (Å²) >= 11 is 0. The van der Waals surface area contributed by atoms with E-state index < -0.39 is 5.97 Å². The number of benzene rings is 1. The fraction of sp³-hybridized carbons (Fsp3) is 0.308. The van der Waals surface area contributed by atoms with E-state index >= 15 is 0 Å². The number of hydrogen-bond donors (Lipinski definition) is 0. The quantitative estimate of drug-likeness (QED) is 0.591. The molecule has 0 aliphatic heterocycles. The van der Waals surface area contributed by atoms with Crippen LogP contribution in [0.1, 0.15) is 5.56 Å². The lowest BCUT2D eigenvalue weighted by Crippen LogP contribution is -2.05. The van der Waals surface area contributed by atoms with E-state index in [1.807, 2.05) is 0 Å². The summed E-state index contributed by atoms with van der Waals surface area (Å²) in [4.78, 5) is 11.5. The van der Waals surface area contributed by atoms with E-state index in [9.17, 15) is 4.79 Å². The lowest BCUT2D eigenvalue weighted by molar-refractivity contribution is -0.133. The molecule has 0 aliphatic rings. The van der Waals surface area contributed by atoms with Crippen LogP contribution in [0.5, 0.6) is 17.2 Å². The van der Waals surface area contributed by atoms with Gasteiger partial charge in [0.05, 0.1) is 34.0 Å². The molecule has 1 aromatic rings. The van der Waals surface area contributed by atoms with Crippen LogP contribution in [0, 0.1) is 0 Å². The Bertz CT molecular complexity index is 465. The van der Waals surface area contributed by atoms with Crippen LogP contribution in [0.25, 0.3) is 5.57 Å². The first-order valence-electron chi connectivity index (χ1n) is 5.16. The van der Waals surface area contributed by atoms with Gasteiger partial charge in [-0.25, -0.2) is 4.79 Å². The minimum atomic E-state index is -0.527. The van der Waals surface area contributed by atoms with Crippen LogP contribution in [0.4, 0.5) is 0 Å². The first-order chi connectivity index (χ1) is 8.58. The lowest BCUT2D eigenvalue weighted by atomic mass is 10.1. The zero-order chi connectivity index (χ0) is 13.7. The summed E-state index contributed by atoms with van der Waals surface area (Å²) in [6.07, 6.45) is 0. The molecule has 5 nitrogen and oxygen atoms in total. The van der Waals surface area contributed by atoms with Crippen LogP contribution in [0.2, 0.25) is 0 Å². The van der Waals surface area contributed by atoms with Crippen LogP contribution in [0.3, 0.4) is 0 Å². The highest BCUT2D eigenvalue weighted by Crippen LogP contribution is 2.37. The zero-order valence-electron chi connectivity index (χ0n) is 10.9. The second kappa shape index (κ2) is 5.95. The fourth-order valence-corrected chi connectivity index (χ4v) is 1.50. The van der Waals surface area contributed by atoms with Gasteiger partial charge in [-0.1, -0.05) is 6.58 Å². The number of carbonyl (C=O) groups excluding carboxylic acids is 1. The monoisotopic (exact) mass is 252 g/mol. The highest BCUT2D eigenvalue weighted by Gasteiger charge is 2.18. The number of carbonyl (C=O) groups is 1. The predicted octanol–water partition coefficient (Wildman–Crippen LogP) is 1.90. The molecule has 98 valence electrons. The van der Waals surface area contributed by atoms with E-state index in [4.69, 9.17) is 14.2 Å². The van der Waals surface area contributed by atoms with Gasteiger partial charge in [0.1, 0.15) is 5.75 Å². The fourth-order valence-electron chi connectivity index (χ4n) is 1.50. The van der Waals surface area contributed by atoms with Crippen molar-refractivity contribution in [3.8, 4) is 17.2 Å². The molecule has 0 saturated heterocycles. The van der Waals surface area contributed by atoms with Crippen LogP contribution < -0.4 is 14.2 Å². The van der Waals surface area contributed by atoms with Gasteiger partial charge < -0.3 is 18.9 Å². The SMILES string of the molecule is C=C(C(=O)OC)c1cc(OC)c(OC)cc1OC. The molecule has 0 heterocycles. The Morgan fingerprint density at radius 1 is 0.944 bits per heavy atom. The van der Waals surface area contributed by atoms with Crippen LogP contribution in [-0.4, -0.2) is 34.4 Å². The van der Waals surface area contributed by atoms with Gasteiger partial charge in [-0.3, -0.25) is 0 Å². The summed E-state index contributed by atoms with van der Waals surface area (Å²) in [7, 11) is 5.82. The van der Waals surface area contributed by atoms with Gasteiger partial charge in [-0.05, 0) is 6.07 Å². The van der Waals surface area contributed by atoms with Crippen molar-refractivity contribution >= 4 is 11.5 Å². The minimum Gasteiger partial charge on any atom is -0.496 e. The maximum absolute atomic E-state index is 11.5. The Morgan fingerprint density at radius 2 is 1.44 bits per heavy atom. The van der Waals surface area contributed by atoms with Crippen molar-refractivity contribution in [1.82, 2.24) is 0 Å². The first kappa shape index (κ1) is 13.9. The number of esters is 1. The number of hydrogen-bond acceptors (Lipinski definition) is 5. The van der Waals surface area contributed by atoms with Gasteiger partial charge in [0.2, 0.25) is 0 Å². The standard InChI is InChI=1S/C13H16O5/c1-8(13(14)18-5)9-6-11(16-3)12(17-4)7-10(9)15-2/h6-7H,1H2,2-5H3. The zero-order valence-corrected chi connectivity index (χ0v) is 10.9. The van der Waals surface area contributed by atoms with Crippen LogP contribution in [-0.2, 0) is 9.53 Å². The van der Waals surface area contributed by atoms with E-state index in [1.54, 1.807) is 12.1 Å². The van der Waals surface area contributed by atoms with Crippen molar-refractivity contribution in [3.05, 3.63) is 24.3 Å². The molecular weight excluding hydrogens is 236 g/mol. The largest absolute Gasteiger partial charge is 0.496 e. The first-order valence-corrected chi connectivity index (χ1v) is 5.16. The predicted molar refractivity (Wildman–Crippen MR) is 67.1 cm³/mol. The summed E-state index contributed by atoms with van der Waals surface area (Å²) in [6, 6.07) is 3.25. The number of rotatable bonds is 5. The Labute approximate surface area is 106 Å². The molecule has 0 spiro atoms. The Kier molecular flexibility index (Phi) is 4.59. The summed E-state index contributed by atoms with van der Waals surface area (Å²) < 4.78 is 20.1. The Hall–Kier alpha value is -2.17. The van der Waals surface area contributed by atoms with Crippen LogP contribution in [0.15, 0.2) is 18.7 Å². The molecule has 0 fully saturated rings. The summed E-state index contributed by atoms with van der Waals surface area (Å²) in [5.74, 6) is 0.928. The molecule has 0 aromatic heterocycles. The van der Waals surface area contributed by atoms with E-state index in [-0.39, 0.29) is 5.57 Å². The van der Waals surface area contributed by atoms with Gasteiger partial charge in [0.25, 0.3) is 0 Å². The average Bonchev–Trinajstić information content (AvgIpc) is 2.43. The van der Waals surface area contributed by atoms with Crippen molar-refractivity contribution in [2.75, 3.05) is 28.4 Å². The molecule has 18 heavy (non-hydrogen) atoms. The Morgan fingerprint density at radius 3 is 1.89 bits per heavy atom. The van der Waals surface area contributed by atoms with Gasteiger partial charge in [-0.2, -0.15) is 0 Å². The molecule has 1 rings (SSSR count). The number of methoxy groups -OCH3 is 4. The van der Waals surface area contributed by atoms with Crippen LogP contribution >= 0.6 is 0 Å². The van der Waals surface area contributed by atoms with Gasteiger partial charge in [0, 0.05) is 11.6 Å². The van der Waals surface area contributed by atoms with E-state index in [2.05, 4.69) is 11.3 Å². The third-order valence-electron chi connectivity index (χ3n) is 2.46. The van der Waals surface area contributed by atoms with E-state index in [1.165, 1.54) is 28.4 Å². The molecule has 0 atom stereocenters. The molecule has 0 saturated carbocycles. The molecular formula is C13H16O5. The molecule has 0 bridgehead atoms. The molecule has 0 radical (unpaired) electrons. The third-order valence-corrected chi connectivity index (χ3v) is 2.46. The third kappa shape index (κ3) is 2.56. The molecule has 0 unspecified atom stereocenters. The second-order valence-corrected chi connectivity index (χ2v) is 3.38. The maximum Gasteiger partial charge on any atom is 0.337 e. The van der Waals surface area contributed by atoms with Crippen molar-refractivity contribution < 1.29 is 23.7 Å². The highest BCUT2D eigenvalue weighted by atomic mass is 16.5. The van der Waals surface area contributed by atoms with Gasteiger partial charge >= 0.3 is 5.97 Å². The molecule has 0 N–H and O–H groups in total. The molecule has 0 amide bonds. The van der Waals surface area contributed by atoms with Gasteiger partial charge in [-0.15, -0.1) is 0 Å².